The Morgan fingerprint density at radius 2 is 1.77 bits per heavy atom. The summed E-state index contributed by atoms with van der Waals surface area (Å²) in [6.45, 7) is 0.861. The molecule has 0 amide bonds. The van der Waals surface area contributed by atoms with Crippen molar-refractivity contribution in [3.8, 4) is 0 Å². The third-order valence-corrected chi connectivity index (χ3v) is 2.39. The highest BCUT2D eigenvalue weighted by Crippen LogP contribution is 2.25. The Balaban J connectivity index is 1.99. The van der Waals surface area contributed by atoms with Crippen molar-refractivity contribution in [3.63, 3.8) is 0 Å². The van der Waals surface area contributed by atoms with E-state index in [1.54, 1.807) is 0 Å². The fraction of sp³-hybridized carbons (Fsp3) is 0.222. The van der Waals surface area contributed by atoms with Gasteiger partial charge >= 0.3 is 0 Å². The standard InChI is InChI=1S/C9H10N4/c1-3-11-5-7-13-8-6-12(9(11)13)4-2-10-1/h1-3,5-9H,4H2/b3-1-,10-2?. The van der Waals surface area contributed by atoms with Crippen LogP contribution >= 0.6 is 0 Å². The monoisotopic (exact) mass is 174 g/mol. The molecule has 3 aliphatic rings. The molecule has 0 saturated heterocycles. The van der Waals surface area contributed by atoms with Crippen molar-refractivity contribution < 1.29 is 0 Å². The lowest BCUT2D eigenvalue weighted by atomic mass is 10.5. The largest absolute Gasteiger partial charge is 0.333 e. The predicted octanol–water partition coefficient (Wildman–Crippen LogP) is 0.701. The molecule has 66 valence electrons. The fourth-order valence-corrected chi connectivity index (χ4v) is 1.77. The van der Waals surface area contributed by atoms with Crippen LogP contribution in [0.4, 0.5) is 0 Å². The van der Waals surface area contributed by atoms with Gasteiger partial charge in [-0.1, -0.05) is 0 Å². The van der Waals surface area contributed by atoms with Gasteiger partial charge in [0.25, 0.3) is 0 Å². The average Bonchev–Trinajstić information content (AvgIpc) is 2.60. The first-order valence-electron chi connectivity index (χ1n) is 4.31. The molecule has 4 heteroatoms. The zero-order chi connectivity index (χ0) is 8.67. The van der Waals surface area contributed by atoms with E-state index in [-0.39, 0.29) is 0 Å². The number of hydrogen-bond donors (Lipinski definition) is 0. The molecule has 3 rings (SSSR count). The van der Waals surface area contributed by atoms with Crippen molar-refractivity contribution in [2.75, 3.05) is 6.54 Å². The smallest absolute Gasteiger partial charge is 0.188 e. The Kier molecular flexibility index (Phi) is 1.24. The second-order valence-electron chi connectivity index (χ2n) is 3.16. The molecule has 0 bridgehead atoms. The fourth-order valence-electron chi connectivity index (χ4n) is 1.77. The summed E-state index contributed by atoms with van der Waals surface area (Å²) in [4.78, 5) is 10.7. The molecule has 0 fully saturated rings. The Morgan fingerprint density at radius 3 is 2.69 bits per heavy atom. The summed E-state index contributed by atoms with van der Waals surface area (Å²) in [7, 11) is 0. The third-order valence-electron chi connectivity index (χ3n) is 2.39. The van der Waals surface area contributed by atoms with E-state index in [0.717, 1.165) is 6.54 Å². The van der Waals surface area contributed by atoms with Crippen LogP contribution in [0.15, 0.2) is 42.2 Å². The molecule has 0 radical (unpaired) electrons. The third kappa shape index (κ3) is 0.884. The molecule has 0 aliphatic carbocycles. The molecule has 0 aromatic heterocycles. The molecule has 0 aromatic rings. The van der Waals surface area contributed by atoms with E-state index in [1.165, 1.54) is 0 Å². The number of hydrogen-bond acceptors (Lipinski definition) is 4. The minimum Gasteiger partial charge on any atom is -0.333 e. The molecular weight excluding hydrogens is 164 g/mol. The van der Waals surface area contributed by atoms with E-state index >= 15 is 0 Å². The van der Waals surface area contributed by atoms with Crippen molar-refractivity contribution in [1.82, 2.24) is 14.7 Å². The molecule has 1 unspecified atom stereocenters. The molecule has 0 N–H and O–H groups in total. The summed E-state index contributed by atoms with van der Waals surface area (Å²) in [5, 5.41) is 0. The quantitative estimate of drug-likeness (QED) is 0.539. The van der Waals surface area contributed by atoms with Crippen LogP contribution in [-0.2, 0) is 0 Å². The van der Waals surface area contributed by atoms with Crippen molar-refractivity contribution >= 4 is 6.21 Å². The topological polar surface area (TPSA) is 22.1 Å². The Hall–Kier alpha value is -1.71. The molecule has 13 heavy (non-hydrogen) atoms. The average molecular weight is 174 g/mol. The first-order valence-corrected chi connectivity index (χ1v) is 4.31. The maximum atomic E-state index is 4.13. The van der Waals surface area contributed by atoms with Crippen LogP contribution in [0.2, 0.25) is 0 Å². The first-order chi connectivity index (χ1) is 6.45. The zero-order valence-electron chi connectivity index (χ0n) is 7.11. The van der Waals surface area contributed by atoms with E-state index in [4.69, 9.17) is 0 Å². The van der Waals surface area contributed by atoms with Gasteiger partial charge in [-0.3, -0.25) is 4.99 Å². The SMILES string of the molecule is C1=CN2/C=C\N=CCN3C=CN1C23. The minimum absolute atomic E-state index is 0.294. The zero-order valence-corrected chi connectivity index (χ0v) is 7.11. The van der Waals surface area contributed by atoms with Gasteiger partial charge in [0.1, 0.15) is 0 Å². The van der Waals surface area contributed by atoms with Gasteiger partial charge in [-0.25, -0.2) is 0 Å². The van der Waals surface area contributed by atoms with Crippen molar-refractivity contribution in [1.29, 1.82) is 0 Å². The first kappa shape index (κ1) is 6.77. The molecular formula is C9H10N4. The molecule has 0 saturated carbocycles. The molecule has 3 heterocycles. The maximum Gasteiger partial charge on any atom is 0.188 e. The Morgan fingerprint density at radius 1 is 1.00 bits per heavy atom. The summed E-state index contributed by atoms with van der Waals surface area (Å²) in [6, 6.07) is 0. The van der Waals surface area contributed by atoms with Gasteiger partial charge in [0.2, 0.25) is 0 Å². The lowest BCUT2D eigenvalue weighted by Gasteiger charge is -2.32. The van der Waals surface area contributed by atoms with Gasteiger partial charge in [-0.2, -0.15) is 0 Å². The van der Waals surface area contributed by atoms with E-state index in [9.17, 15) is 0 Å². The van der Waals surface area contributed by atoms with Crippen LogP contribution in [0.3, 0.4) is 0 Å². The minimum atomic E-state index is 0.294. The van der Waals surface area contributed by atoms with Crippen LogP contribution in [-0.4, -0.2) is 33.7 Å². The van der Waals surface area contributed by atoms with Gasteiger partial charge in [-0.05, 0) is 0 Å². The molecule has 4 nitrogen and oxygen atoms in total. The summed E-state index contributed by atoms with van der Waals surface area (Å²) in [5.74, 6) is 0. The lowest BCUT2D eigenvalue weighted by molar-refractivity contribution is 0.119. The van der Waals surface area contributed by atoms with Crippen LogP contribution < -0.4 is 0 Å². The van der Waals surface area contributed by atoms with Crippen LogP contribution in [0.25, 0.3) is 0 Å². The number of nitrogens with zero attached hydrogens (tertiary/aromatic N) is 4. The summed E-state index contributed by atoms with van der Waals surface area (Å²) < 4.78 is 0. The number of rotatable bonds is 0. The Labute approximate surface area is 76.7 Å². The molecule has 1 atom stereocenters. The van der Waals surface area contributed by atoms with Gasteiger partial charge in [-0.15, -0.1) is 0 Å². The molecule has 0 aromatic carbocycles. The molecule has 0 spiro atoms. The summed E-state index contributed by atoms with van der Waals surface area (Å²) in [6.07, 6.45) is 14.3. The maximum absolute atomic E-state index is 4.13. The van der Waals surface area contributed by atoms with E-state index < -0.39 is 0 Å². The number of aliphatic imine (C=N–C) groups is 1. The van der Waals surface area contributed by atoms with Crippen LogP contribution in [0.1, 0.15) is 0 Å². The second-order valence-corrected chi connectivity index (χ2v) is 3.16. The highest BCUT2D eigenvalue weighted by atomic mass is 15.5. The van der Waals surface area contributed by atoms with Crippen LogP contribution in [0, 0.1) is 0 Å². The van der Waals surface area contributed by atoms with E-state index in [2.05, 4.69) is 44.5 Å². The van der Waals surface area contributed by atoms with Gasteiger partial charge in [0, 0.05) is 43.4 Å². The van der Waals surface area contributed by atoms with Crippen molar-refractivity contribution in [3.05, 3.63) is 37.2 Å². The molecule has 3 aliphatic heterocycles. The second kappa shape index (κ2) is 2.39. The Bertz CT molecular complexity index is 329. The highest BCUT2D eigenvalue weighted by Gasteiger charge is 2.31. The van der Waals surface area contributed by atoms with Crippen LogP contribution in [0.5, 0.6) is 0 Å². The van der Waals surface area contributed by atoms with Crippen molar-refractivity contribution in [2.24, 2.45) is 4.99 Å². The lowest BCUT2D eigenvalue weighted by Crippen LogP contribution is -2.43. The van der Waals surface area contributed by atoms with Gasteiger partial charge in [0.15, 0.2) is 6.29 Å². The summed E-state index contributed by atoms with van der Waals surface area (Å²) >= 11 is 0. The normalized spacial score (nSPS) is 30.8. The highest BCUT2D eigenvalue weighted by molar-refractivity contribution is 5.61. The van der Waals surface area contributed by atoms with E-state index in [0.29, 0.717) is 6.29 Å². The van der Waals surface area contributed by atoms with E-state index in [1.807, 2.05) is 18.6 Å². The predicted molar refractivity (Wildman–Crippen MR) is 50.1 cm³/mol. The van der Waals surface area contributed by atoms with Crippen molar-refractivity contribution in [2.45, 2.75) is 6.29 Å². The van der Waals surface area contributed by atoms with Gasteiger partial charge in [0.05, 0.1) is 6.54 Å². The summed E-state index contributed by atoms with van der Waals surface area (Å²) in [5.41, 5.74) is 0. The van der Waals surface area contributed by atoms with Gasteiger partial charge < -0.3 is 14.7 Å².